The number of amides is 1. The minimum Gasteiger partial charge on any atom is -0.333 e. The van der Waals surface area contributed by atoms with Gasteiger partial charge < -0.3 is 9.80 Å². The zero-order chi connectivity index (χ0) is 32.6. The molecule has 6 rings (SSSR count). The Labute approximate surface area is 160 Å². The maximum absolute atomic E-state index is 14.3. The molecule has 0 spiro atoms. The molecule has 0 N–H and O–H groups in total. The fourth-order valence-electron chi connectivity index (χ4n) is 2.76. The summed E-state index contributed by atoms with van der Waals surface area (Å²) in [7, 11) is 0. The standard InChI is InChI=1S/C19H24N2O/c22-19-16-6-2-4-14-3-1-5-15(18(14)16)11-21(19)17-12-20-9-7-13(17)8-10-20/h2,4,6,13,15,17H,1,3,5,7-12H2/t15-,17-/m1/s1/i1D2,2D,3D2,4D,5D2,6D,7D2,9D2,11D2,12D2,13D,15D,17D/t13-,15+,17+/m0. The van der Waals surface area contributed by atoms with E-state index in [0.29, 0.717) is 0 Å². The highest BCUT2D eigenvalue weighted by atomic mass is 16.2. The molecule has 0 saturated carbocycles. The topological polar surface area (TPSA) is 23.6 Å². The summed E-state index contributed by atoms with van der Waals surface area (Å²) in [6.45, 7) is -11.7. The lowest BCUT2D eigenvalue weighted by molar-refractivity contribution is 0.00258. The van der Waals surface area contributed by atoms with E-state index in [1.165, 1.54) is 0 Å². The molecule has 1 aliphatic carbocycles. The van der Waals surface area contributed by atoms with Crippen molar-refractivity contribution in [2.45, 2.75) is 43.8 Å². The van der Waals surface area contributed by atoms with Gasteiger partial charge in [0.2, 0.25) is 0 Å². The molecule has 4 atom stereocenters. The molecule has 3 fully saturated rings. The molecule has 3 saturated heterocycles. The quantitative estimate of drug-likeness (QED) is 0.795. The van der Waals surface area contributed by atoms with Gasteiger partial charge in [-0.15, -0.1) is 0 Å². The van der Waals surface area contributed by atoms with Crippen molar-refractivity contribution in [3.05, 3.63) is 34.8 Å². The predicted octanol–water partition coefficient (Wildman–Crippen LogP) is 2.66. The number of benzene rings is 1. The van der Waals surface area contributed by atoms with Gasteiger partial charge in [-0.3, -0.25) is 4.79 Å². The van der Waals surface area contributed by atoms with Crippen LogP contribution >= 0.6 is 0 Å². The molecule has 22 heavy (non-hydrogen) atoms. The third kappa shape index (κ3) is 1.81. The maximum Gasteiger partial charge on any atom is 0.254 e. The molecule has 3 nitrogen and oxygen atoms in total. The first-order chi connectivity index (χ1) is 18.5. The normalized spacial score (nSPS) is 75.7. The Kier molecular flexibility index (Phi) is 0.877. The first-order valence-corrected chi connectivity index (χ1v) is 6.74. The molecule has 0 aromatic heterocycles. The summed E-state index contributed by atoms with van der Waals surface area (Å²) in [5, 5.41) is 0. The van der Waals surface area contributed by atoms with E-state index in [1.807, 2.05) is 0 Å². The minimum atomic E-state index is -4.13. The van der Waals surface area contributed by atoms with Gasteiger partial charge in [0.05, 0.1) is 8.22 Å². The van der Waals surface area contributed by atoms with Crippen molar-refractivity contribution in [2.24, 2.45) is 5.89 Å². The number of piperidine rings is 3. The zero-order valence-electron chi connectivity index (χ0n) is 31.2. The summed E-state index contributed by atoms with van der Waals surface area (Å²) in [4.78, 5) is 14.0. The molecule has 4 aliphatic heterocycles. The lowest BCUT2D eigenvalue weighted by Gasteiger charge is -2.51. The number of fused-ring (bicyclic) bond motifs is 3. The largest absolute Gasteiger partial charge is 0.333 e. The lowest BCUT2D eigenvalue weighted by atomic mass is 9.75. The number of carbonyl (C=O) groups is 1. The molecule has 4 heterocycles. The third-order valence-corrected chi connectivity index (χ3v) is 3.82. The van der Waals surface area contributed by atoms with Crippen LogP contribution in [0.25, 0.3) is 0 Å². The molecule has 1 aromatic rings. The Hall–Kier alpha value is -1.35. The molecule has 116 valence electrons. The van der Waals surface area contributed by atoms with Crippen molar-refractivity contribution in [1.29, 1.82) is 0 Å². The van der Waals surface area contributed by atoms with Gasteiger partial charge in [-0.25, -0.2) is 0 Å². The van der Waals surface area contributed by atoms with Crippen LogP contribution in [0, 0.1) is 5.89 Å². The monoisotopic (exact) mass is 316 g/mol. The first-order valence-electron chi connectivity index (χ1n) is 16.7. The Bertz CT molecular complexity index is 1460. The van der Waals surface area contributed by atoms with Crippen LogP contribution in [0.3, 0.4) is 0 Å². The lowest BCUT2D eigenvalue weighted by Crippen LogP contribution is -2.60. The van der Waals surface area contributed by atoms with E-state index in [2.05, 4.69) is 0 Å². The summed E-state index contributed by atoms with van der Waals surface area (Å²) >= 11 is 0. The van der Waals surface area contributed by atoms with E-state index < -0.39 is 121 Å². The van der Waals surface area contributed by atoms with Crippen molar-refractivity contribution < 1.29 is 32.2 Å². The molecule has 2 bridgehead atoms. The van der Waals surface area contributed by atoms with Gasteiger partial charge in [0.15, 0.2) is 0 Å². The molecule has 1 unspecified atom stereocenters. The smallest absolute Gasteiger partial charge is 0.254 e. The number of hydrogen-bond donors (Lipinski definition) is 0. The van der Waals surface area contributed by atoms with Crippen LogP contribution in [0.1, 0.15) is 80.3 Å². The van der Waals surface area contributed by atoms with Gasteiger partial charge in [-0.2, -0.15) is 0 Å². The van der Waals surface area contributed by atoms with Crippen LogP contribution in [0.4, 0.5) is 0 Å². The second-order valence-corrected chi connectivity index (χ2v) is 5.08. The van der Waals surface area contributed by atoms with Gasteiger partial charge in [-0.1, -0.05) is 12.1 Å². The molecule has 1 amide bonds. The number of hydrogen-bond acceptors (Lipinski definition) is 2. The van der Waals surface area contributed by atoms with Gasteiger partial charge in [0.1, 0.15) is 0 Å². The summed E-state index contributed by atoms with van der Waals surface area (Å²) in [5.74, 6) is -9.19. The highest BCUT2D eigenvalue weighted by molar-refractivity contribution is 5.97. The second kappa shape index (κ2) is 4.82. The molecule has 1 aromatic carbocycles. The average Bonchev–Trinajstić information content (AvgIpc) is 2.81. The Morgan fingerprint density at radius 2 is 2.27 bits per heavy atom. The fourth-order valence-corrected chi connectivity index (χ4v) is 2.76. The van der Waals surface area contributed by atoms with Crippen molar-refractivity contribution in [3.8, 4) is 0 Å². The van der Waals surface area contributed by atoms with Crippen molar-refractivity contribution in [3.63, 3.8) is 0 Å². The molecule has 3 heteroatoms. The molecular weight excluding hydrogens is 272 g/mol. The summed E-state index contributed by atoms with van der Waals surface area (Å²) in [6.07, 6.45) is -15.9. The zero-order valence-corrected chi connectivity index (χ0v) is 11.2. The van der Waals surface area contributed by atoms with Crippen LogP contribution in [0.15, 0.2) is 18.1 Å². The average molecular weight is 317 g/mol. The van der Waals surface area contributed by atoms with E-state index in [-0.39, 0.29) is 4.90 Å². The van der Waals surface area contributed by atoms with E-state index in [1.54, 1.807) is 0 Å². The number of rotatable bonds is 1. The van der Waals surface area contributed by atoms with Crippen molar-refractivity contribution >= 4 is 5.91 Å². The van der Waals surface area contributed by atoms with Crippen LogP contribution in [0.2, 0.25) is 0 Å². The predicted molar refractivity (Wildman–Crippen MR) is 86.1 cm³/mol. The van der Waals surface area contributed by atoms with Crippen molar-refractivity contribution in [1.82, 2.24) is 9.80 Å². The van der Waals surface area contributed by atoms with Crippen molar-refractivity contribution in [2.75, 3.05) is 26.0 Å². The highest BCUT2D eigenvalue weighted by Gasteiger charge is 2.43. The SMILES string of the molecule is [2H]c1c([2H])c2c3c(c1[2H])C([2H])([2H])C([2H])([2H])C([2H])([2H])[C@]3([2H])C([2H])([2H])N([C@]1([2H])C([2H])([2H])N3CC[C@]1([2H])C([2H])([2H])C3([2H])[2H])C2=O. The van der Waals surface area contributed by atoms with E-state index in [9.17, 15) is 7.54 Å². The third-order valence-electron chi connectivity index (χ3n) is 3.82. The fraction of sp³-hybridized carbons (Fsp3) is 0.632. The van der Waals surface area contributed by atoms with Gasteiger partial charge in [-0.05, 0) is 68.0 Å². The number of nitrogens with zero attached hydrogens (tertiary/aromatic N) is 2. The van der Waals surface area contributed by atoms with E-state index in [0.717, 1.165) is 0 Å². The van der Waals surface area contributed by atoms with Gasteiger partial charge in [0, 0.05) is 49.7 Å². The van der Waals surface area contributed by atoms with Crippen LogP contribution in [-0.4, -0.2) is 47.8 Å². The molecular formula is C19H24N2O. The first kappa shape index (κ1) is 4.00. The van der Waals surface area contributed by atoms with Gasteiger partial charge >= 0.3 is 0 Å². The summed E-state index contributed by atoms with van der Waals surface area (Å²) in [6, 6.07) is -7.55. The molecule has 0 radical (unpaired) electrons. The number of carbonyl (C=O) groups excluding carboxylic acids is 1. The van der Waals surface area contributed by atoms with Crippen LogP contribution in [-0.2, 0) is 6.37 Å². The van der Waals surface area contributed by atoms with E-state index in [4.69, 9.17) is 24.7 Å². The maximum atomic E-state index is 14.3. The van der Waals surface area contributed by atoms with Crippen LogP contribution < -0.4 is 0 Å². The Morgan fingerprint density at radius 3 is 3.23 bits per heavy atom. The molecule has 5 aliphatic rings. The Morgan fingerprint density at radius 1 is 1.32 bits per heavy atom. The Balaban J connectivity index is 2.00. The highest BCUT2D eigenvalue weighted by Crippen LogP contribution is 2.41. The van der Waals surface area contributed by atoms with Gasteiger partial charge in [0.25, 0.3) is 5.91 Å². The summed E-state index contributed by atoms with van der Waals surface area (Å²) < 4.78 is 172. The minimum absolute atomic E-state index is 0.183. The summed E-state index contributed by atoms with van der Waals surface area (Å²) in [5.41, 5.74) is -3.84. The van der Waals surface area contributed by atoms with E-state index >= 15 is 0 Å². The second-order valence-electron chi connectivity index (χ2n) is 5.08. The van der Waals surface area contributed by atoms with Crippen LogP contribution in [0.5, 0.6) is 0 Å².